The van der Waals surface area contributed by atoms with Gasteiger partial charge in [-0.2, -0.15) is 0 Å². The molecule has 0 saturated heterocycles. The fourth-order valence-electron chi connectivity index (χ4n) is 1.91. The molecule has 116 valence electrons. The molecule has 1 aromatic carbocycles. The van der Waals surface area contributed by atoms with Crippen molar-refractivity contribution >= 4 is 11.6 Å². The third-order valence-corrected chi connectivity index (χ3v) is 3.34. The van der Waals surface area contributed by atoms with E-state index in [0.717, 1.165) is 18.6 Å². The number of ether oxygens (including phenoxy) is 1. The minimum absolute atomic E-state index is 0.00462. The Morgan fingerprint density at radius 3 is 2.67 bits per heavy atom. The van der Waals surface area contributed by atoms with Gasteiger partial charge in [-0.3, -0.25) is 14.9 Å². The molecule has 0 fully saturated rings. The summed E-state index contributed by atoms with van der Waals surface area (Å²) in [5.41, 5.74) is -0.201. The second-order valence-corrected chi connectivity index (χ2v) is 4.71. The molecular formula is C14H20N2O5. The van der Waals surface area contributed by atoms with E-state index in [1.54, 1.807) is 12.0 Å². The zero-order valence-corrected chi connectivity index (χ0v) is 12.4. The van der Waals surface area contributed by atoms with Crippen molar-refractivity contribution in [1.82, 2.24) is 4.90 Å². The average Bonchev–Trinajstić information content (AvgIpc) is 2.46. The van der Waals surface area contributed by atoms with E-state index in [4.69, 9.17) is 4.74 Å². The molecule has 0 heterocycles. The van der Waals surface area contributed by atoms with E-state index in [0.29, 0.717) is 13.2 Å². The number of hydrogen-bond acceptors (Lipinski definition) is 5. The van der Waals surface area contributed by atoms with Crippen LogP contribution in [0.15, 0.2) is 18.2 Å². The van der Waals surface area contributed by atoms with Crippen molar-refractivity contribution in [1.29, 1.82) is 0 Å². The van der Waals surface area contributed by atoms with E-state index in [1.807, 2.05) is 13.8 Å². The van der Waals surface area contributed by atoms with Crippen molar-refractivity contribution in [2.45, 2.75) is 26.3 Å². The lowest BCUT2D eigenvalue weighted by Gasteiger charge is -2.28. The number of nitro benzene ring substituents is 1. The molecule has 21 heavy (non-hydrogen) atoms. The van der Waals surface area contributed by atoms with Crippen molar-refractivity contribution in [3.63, 3.8) is 0 Å². The molecule has 0 aliphatic heterocycles. The molecule has 1 unspecified atom stereocenters. The van der Waals surface area contributed by atoms with Gasteiger partial charge in [-0.15, -0.1) is 0 Å². The number of rotatable bonds is 7. The maximum atomic E-state index is 12.5. The van der Waals surface area contributed by atoms with Crippen LogP contribution in [0.2, 0.25) is 0 Å². The summed E-state index contributed by atoms with van der Waals surface area (Å²) in [7, 11) is 1.55. The van der Waals surface area contributed by atoms with Crippen molar-refractivity contribution in [2.24, 2.45) is 0 Å². The topological polar surface area (TPSA) is 92.9 Å². The third-order valence-electron chi connectivity index (χ3n) is 3.34. The van der Waals surface area contributed by atoms with Crippen LogP contribution in [0.3, 0.4) is 0 Å². The fourth-order valence-corrected chi connectivity index (χ4v) is 1.91. The molecule has 0 aromatic heterocycles. The lowest BCUT2D eigenvalue weighted by atomic mass is 10.1. The van der Waals surface area contributed by atoms with Crippen LogP contribution in [-0.2, 0) is 4.74 Å². The molecular weight excluding hydrogens is 276 g/mol. The van der Waals surface area contributed by atoms with Crippen LogP contribution in [0.5, 0.6) is 5.75 Å². The highest BCUT2D eigenvalue weighted by molar-refractivity contribution is 5.95. The number of phenols is 1. The first kappa shape index (κ1) is 16.9. The van der Waals surface area contributed by atoms with Gasteiger partial charge in [0.1, 0.15) is 0 Å². The lowest BCUT2D eigenvalue weighted by Crippen LogP contribution is -2.40. The van der Waals surface area contributed by atoms with Crippen LogP contribution >= 0.6 is 0 Å². The highest BCUT2D eigenvalue weighted by Gasteiger charge is 2.22. The molecule has 7 nitrogen and oxygen atoms in total. The molecule has 0 radical (unpaired) electrons. The summed E-state index contributed by atoms with van der Waals surface area (Å²) < 4.78 is 4.99. The molecule has 1 amide bonds. The number of hydrogen-bond donors (Lipinski definition) is 1. The largest absolute Gasteiger partial charge is 0.502 e. The minimum atomic E-state index is -0.694. The predicted octanol–water partition coefficient (Wildman–Crippen LogP) is 2.19. The Kier molecular flexibility index (Phi) is 6.10. The van der Waals surface area contributed by atoms with Crippen molar-refractivity contribution in [2.75, 3.05) is 20.3 Å². The number of aromatic hydroxyl groups is 1. The van der Waals surface area contributed by atoms with Crippen molar-refractivity contribution < 1.29 is 19.6 Å². The standard InChI is InChI=1S/C14H20N2O5/c1-4-10(2)15(7-8-21-3)14(18)11-5-6-12(16(19)20)13(17)9-11/h5-6,9-10,17H,4,7-8H2,1-3H3. The van der Waals surface area contributed by atoms with Gasteiger partial charge < -0.3 is 14.7 Å². The van der Waals surface area contributed by atoms with E-state index in [2.05, 4.69) is 0 Å². The number of methoxy groups -OCH3 is 1. The maximum Gasteiger partial charge on any atom is 0.310 e. The van der Waals surface area contributed by atoms with Gasteiger partial charge in [0, 0.05) is 31.3 Å². The smallest absolute Gasteiger partial charge is 0.310 e. The van der Waals surface area contributed by atoms with E-state index in [1.165, 1.54) is 6.07 Å². The summed E-state index contributed by atoms with van der Waals surface area (Å²) in [5, 5.41) is 20.3. The zero-order valence-electron chi connectivity index (χ0n) is 12.4. The molecule has 1 rings (SSSR count). The zero-order chi connectivity index (χ0) is 16.0. The lowest BCUT2D eigenvalue weighted by molar-refractivity contribution is -0.385. The molecule has 0 spiro atoms. The van der Waals surface area contributed by atoms with Gasteiger partial charge in [-0.25, -0.2) is 0 Å². The summed E-state index contributed by atoms with van der Waals surface area (Å²) in [6, 6.07) is 3.61. The Morgan fingerprint density at radius 2 is 2.19 bits per heavy atom. The van der Waals surface area contributed by atoms with E-state index in [-0.39, 0.29) is 17.5 Å². The second-order valence-electron chi connectivity index (χ2n) is 4.71. The summed E-state index contributed by atoms with van der Waals surface area (Å²) in [6.45, 7) is 4.70. The number of nitrogens with zero attached hydrogens (tertiary/aromatic N) is 2. The monoisotopic (exact) mass is 296 g/mol. The highest BCUT2D eigenvalue weighted by Crippen LogP contribution is 2.27. The summed E-state index contributed by atoms with van der Waals surface area (Å²) in [4.78, 5) is 24.1. The normalized spacial score (nSPS) is 12.0. The Balaban J connectivity index is 3.03. The highest BCUT2D eigenvalue weighted by atomic mass is 16.6. The summed E-state index contributed by atoms with van der Waals surface area (Å²) in [5.74, 6) is -0.798. The van der Waals surface area contributed by atoms with E-state index >= 15 is 0 Å². The van der Waals surface area contributed by atoms with Gasteiger partial charge in [0.2, 0.25) is 0 Å². The van der Waals surface area contributed by atoms with Gasteiger partial charge >= 0.3 is 5.69 Å². The van der Waals surface area contributed by atoms with Crippen LogP contribution in [0.25, 0.3) is 0 Å². The van der Waals surface area contributed by atoms with E-state index in [9.17, 15) is 20.0 Å². The van der Waals surface area contributed by atoms with Gasteiger partial charge in [0.15, 0.2) is 5.75 Å². The molecule has 1 N–H and O–H groups in total. The van der Waals surface area contributed by atoms with Crippen LogP contribution in [0, 0.1) is 10.1 Å². The Morgan fingerprint density at radius 1 is 1.52 bits per heavy atom. The number of carbonyl (C=O) groups excluding carboxylic acids is 1. The molecule has 0 bridgehead atoms. The van der Waals surface area contributed by atoms with Crippen molar-refractivity contribution in [3.8, 4) is 5.75 Å². The Bertz CT molecular complexity index is 518. The van der Waals surface area contributed by atoms with Gasteiger partial charge in [-0.1, -0.05) is 6.92 Å². The van der Waals surface area contributed by atoms with Crippen molar-refractivity contribution in [3.05, 3.63) is 33.9 Å². The SMILES string of the molecule is CCC(C)N(CCOC)C(=O)c1ccc([N+](=O)[O-])c(O)c1. The summed E-state index contributed by atoms with van der Waals surface area (Å²) >= 11 is 0. The number of amides is 1. The Hall–Kier alpha value is -2.15. The van der Waals surface area contributed by atoms with Gasteiger partial charge in [0.25, 0.3) is 5.91 Å². The molecule has 1 aromatic rings. The fraction of sp³-hybridized carbons (Fsp3) is 0.500. The molecule has 0 aliphatic carbocycles. The number of phenolic OH excluding ortho intramolecular Hbond substituents is 1. The number of carbonyl (C=O) groups is 1. The average molecular weight is 296 g/mol. The third kappa shape index (κ3) is 4.16. The van der Waals surface area contributed by atoms with Crippen LogP contribution < -0.4 is 0 Å². The second kappa shape index (κ2) is 7.58. The minimum Gasteiger partial charge on any atom is -0.502 e. The van der Waals surface area contributed by atoms with Crippen LogP contribution in [0.1, 0.15) is 30.6 Å². The predicted molar refractivity (Wildman–Crippen MR) is 77.4 cm³/mol. The first-order valence-corrected chi connectivity index (χ1v) is 6.69. The van der Waals surface area contributed by atoms with Gasteiger partial charge in [-0.05, 0) is 25.5 Å². The van der Waals surface area contributed by atoms with Crippen LogP contribution in [0.4, 0.5) is 5.69 Å². The molecule has 1 atom stereocenters. The number of nitro groups is 1. The van der Waals surface area contributed by atoms with E-state index < -0.39 is 16.4 Å². The van der Waals surface area contributed by atoms with Crippen LogP contribution in [-0.4, -0.2) is 47.1 Å². The van der Waals surface area contributed by atoms with Gasteiger partial charge in [0.05, 0.1) is 11.5 Å². The molecule has 0 saturated carbocycles. The molecule has 0 aliphatic rings. The quantitative estimate of drug-likeness (QED) is 0.615. The first-order chi connectivity index (χ1) is 9.92. The number of benzene rings is 1. The maximum absolute atomic E-state index is 12.5. The summed E-state index contributed by atoms with van der Waals surface area (Å²) in [6.07, 6.45) is 0.772. The molecule has 7 heteroatoms. The Labute approximate surface area is 123 Å². The first-order valence-electron chi connectivity index (χ1n) is 6.69.